The van der Waals surface area contributed by atoms with E-state index >= 15 is 0 Å². The zero-order chi connectivity index (χ0) is 20.6. The van der Waals surface area contributed by atoms with Crippen LogP contribution in [0.1, 0.15) is 30.4 Å². The number of anilines is 1. The summed E-state index contributed by atoms with van der Waals surface area (Å²) >= 11 is 0. The third kappa shape index (κ3) is 6.52. The van der Waals surface area contributed by atoms with Gasteiger partial charge < -0.3 is 20.3 Å². The summed E-state index contributed by atoms with van der Waals surface area (Å²) in [6.07, 6.45) is 1.17. The highest BCUT2D eigenvalue weighted by atomic mass is 127. The van der Waals surface area contributed by atoms with Crippen molar-refractivity contribution >= 4 is 35.6 Å². The van der Waals surface area contributed by atoms with E-state index in [-0.39, 0.29) is 24.0 Å². The van der Waals surface area contributed by atoms with Crippen molar-refractivity contribution in [2.75, 3.05) is 45.2 Å². The van der Waals surface area contributed by atoms with Crippen molar-refractivity contribution in [3.63, 3.8) is 0 Å². The number of nitrogens with one attached hydrogen (secondary N) is 2. The molecule has 0 amide bonds. The molecule has 0 spiro atoms. The average Bonchev–Trinajstić information content (AvgIpc) is 3.23. The van der Waals surface area contributed by atoms with Crippen LogP contribution in [0.2, 0.25) is 0 Å². The number of hydrogen-bond donors (Lipinski definition) is 2. The minimum atomic E-state index is 0. The van der Waals surface area contributed by atoms with Crippen LogP contribution >= 0.6 is 24.0 Å². The van der Waals surface area contributed by atoms with E-state index in [1.54, 1.807) is 7.11 Å². The Hall–Kier alpha value is -1.96. The molecule has 3 rings (SSSR count). The van der Waals surface area contributed by atoms with Crippen LogP contribution in [-0.2, 0) is 0 Å². The van der Waals surface area contributed by atoms with Gasteiger partial charge in [0, 0.05) is 33.2 Å². The number of methoxy groups -OCH3 is 1. The summed E-state index contributed by atoms with van der Waals surface area (Å²) in [4.78, 5) is 6.81. The van der Waals surface area contributed by atoms with Gasteiger partial charge in [0.2, 0.25) is 0 Å². The van der Waals surface area contributed by atoms with Crippen molar-refractivity contribution in [3.8, 4) is 5.75 Å². The first kappa shape index (κ1) is 24.3. The minimum Gasteiger partial charge on any atom is -0.495 e. The molecule has 0 aromatic heterocycles. The largest absolute Gasteiger partial charge is 0.495 e. The van der Waals surface area contributed by atoms with Crippen molar-refractivity contribution < 1.29 is 4.74 Å². The van der Waals surface area contributed by atoms with Crippen LogP contribution in [0.3, 0.4) is 0 Å². The highest BCUT2D eigenvalue weighted by molar-refractivity contribution is 14.0. The summed E-state index contributed by atoms with van der Waals surface area (Å²) in [5.74, 6) is 2.85. The van der Waals surface area contributed by atoms with E-state index in [4.69, 9.17) is 4.74 Å². The summed E-state index contributed by atoms with van der Waals surface area (Å²) in [5, 5.41) is 6.98. The van der Waals surface area contributed by atoms with Crippen molar-refractivity contribution in [1.29, 1.82) is 0 Å². The zero-order valence-electron chi connectivity index (χ0n) is 18.5. The maximum Gasteiger partial charge on any atom is 0.191 e. The fourth-order valence-electron chi connectivity index (χ4n) is 3.83. The van der Waals surface area contributed by atoms with E-state index in [0.717, 1.165) is 37.9 Å². The molecule has 5 nitrogen and oxygen atoms in total. The Morgan fingerprint density at radius 1 is 1.17 bits per heavy atom. The average molecular weight is 522 g/mol. The second-order valence-corrected chi connectivity index (χ2v) is 7.92. The lowest BCUT2D eigenvalue weighted by Gasteiger charge is -2.22. The van der Waals surface area contributed by atoms with Crippen molar-refractivity contribution in [2.24, 2.45) is 10.9 Å². The Morgan fingerprint density at radius 2 is 1.90 bits per heavy atom. The summed E-state index contributed by atoms with van der Waals surface area (Å²) in [5.41, 5.74) is 3.83. The number of aryl methyl sites for hydroxylation is 1. The van der Waals surface area contributed by atoms with Gasteiger partial charge in [-0.15, -0.1) is 24.0 Å². The molecule has 0 saturated carbocycles. The maximum atomic E-state index is 5.52. The van der Waals surface area contributed by atoms with Gasteiger partial charge in [-0.25, -0.2) is 0 Å². The second kappa shape index (κ2) is 12.0. The van der Waals surface area contributed by atoms with Crippen LogP contribution in [0.15, 0.2) is 53.5 Å². The molecule has 30 heavy (non-hydrogen) atoms. The molecule has 2 N–H and O–H groups in total. The molecule has 0 aliphatic carbocycles. The van der Waals surface area contributed by atoms with Crippen LogP contribution in [0, 0.1) is 12.8 Å². The molecule has 0 bridgehead atoms. The Kier molecular flexibility index (Phi) is 9.75. The van der Waals surface area contributed by atoms with Gasteiger partial charge in [-0.1, -0.05) is 48.9 Å². The lowest BCUT2D eigenvalue weighted by atomic mass is 10.0. The Labute approximate surface area is 198 Å². The summed E-state index contributed by atoms with van der Waals surface area (Å²) in [6, 6.07) is 17.0. The SMILES string of the molecule is CN=C(NCC1CCN(c2ccccc2OC)C1)NCC(C)c1ccc(C)cc1.I. The molecule has 6 heteroatoms. The third-order valence-electron chi connectivity index (χ3n) is 5.72. The predicted molar refractivity (Wildman–Crippen MR) is 138 cm³/mol. The Morgan fingerprint density at radius 3 is 2.60 bits per heavy atom. The number of nitrogens with zero attached hydrogens (tertiary/aromatic N) is 2. The van der Waals surface area contributed by atoms with E-state index < -0.39 is 0 Å². The molecule has 1 heterocycles. The number of hydrogen-bond acceptors (Lipinski definition) is 3. The molecule has 2 aromatic carbocycles. The number of guanidine groups is 1. The highest BCUT2D eigenvalue weighted by Crippen LogP contribution is 2.31. The van der Waals surface area contributed by atoms with Crippen molar-refractivity contribution in [2.45, 2.75) is 26.2 Å². The number of para-hydroxylation sites is 2. The number of benzene rings is 2. The van der Waals surface area contributed by atoms with Gasteiger partial charge in [-0.3, -0.25) is 4.99 Å². The molecule has 0 radical (unpaired) electrons. The lowest BCUT2D eigenvalue weighted by Crippen LogP contribution is -2.41. The zero-order valence-corrected chi connectivity index (χ0v) is 20.9. The highest BCUT2D eigenvalue weighted by Gasteiger charge is 2.24. The van der Waals surface area contributed by atoms with Crippen LogP contribution in [0.25, 0.3) is 0 Å². The first-order valence-electron chi connectivity index (χ1n) is 10.5. The van der Waals surface area contributed by atoms with Crippen molar-refractivity contribution in [1.82, 2.24) is 10.6 Å². The Balaban J connectivity index is 0.00000320. The number of rotatable bonds is 7. The van der Waals surface area contributed by atoms with Gasteiger partial charge in [0.15, 0.2) is 5.96 Å². The fraction of sp³-hybridized carbons (Fsp3) is 0.458. The van der Waals surface area contributed by atoms with Gasteiger partial charge in [0.25, 0.3) is 0 Å². The third-order valence-corrected chi connectivity index (χ3v) is 5.72. The van der Waals surface area contributed by atoms with E-state index in [1.165, 1.54) is 23.2 Å². The monoisotopic (exact) mass is 522 g/mol. The van der Waals surface area contributed by atoms with E-state index in [2.05, 4.69) is 70.8 Å². The molecular formula is C24H35IN4O. The van der Waals surface area contributed by atoms with E-state index in [9.17, 15) is 0 Å². The molecule has 2 unspecified atom stereocenters. The second-order valence-electron chi connectivity index (χ2n) is 7.92. The topological polar surface area (TPSA) is 48.9 Å². The first-order chi connectivity index (χ1) is 14.1. The quantitative estimate of drug-likeness (QED) is 0.321. The summed E-state index contributed by atoms with van der Waals surface area (Å²) in [6.45, 7) is 8.24. The number of halogens is 1. The van der Waals surface area contributed by atoms with Crippen LogP contribution < -0.4 is 20.3 Å². The molecule has 1 saturated heterocycles. The van der Waals surface area contributed by atoms with Crippen molar-refractivity contribution in [3.05, 3.63) is 59.7 Å². The predicted octanol–water partition coefficient (Wildman–Crippen LogP) is 4.42. The van der Waals surface area contributed by atoms with Gasteiger partial charge in [0.1, 0.15) is 5.75 Å². The normalized spacial score (nSPS) is 17.3. The van der Waals surface area contributed by atoms with Crippen LogP contribution in [0.4, 0.5) is 5.69 Å². The molecule has 1 fully saturated rings. The van der Waals surface area contributed by atoms with Crippen LogP contribution in [0.5, 0.6) is 5.75 Å². The molecule has 2 atom stereocenters. The van der Waals surface area contributed by atoms with E-state index in [1.807, 2.05) is 19.2 Å². The number of aliphatic imine (C=N–C) groups is 1. The van der Waals surface area contributed by atoms with Gasteiger partial charge >= 0.3 is 0 Å². The van der Waals surface area contributed by atoms with Gasteiger partial charge in [-0.05, 0) is 42.9 Å². The maximum absolute atomic E-state index is 5.52. The molecule has 1 aliphatic heterocycles. The van der Waals surface area contributed by atoms with E-state index in [0.29, 0.717) is 11.8 Å². The minimum absolute atomic E-state index is 0. The van der Waals surface area contributed by atoms with Gasteiger partial charge in [-0.2, -0.15) is 0 Å². The smallest absolute Gasteiger partial charge is 0.191 e. The fourth-order valence-corrected chi connectivity index (χ4v) is 3.83. The Bertz CT molecular complexity index is 809. The molecular weight excluding hydrogens is 487 g/mol. The van der Waals surface area contributed by atoms with Crippen LogP contribution in [-0.4, -0.2) is 46.3 Å². The lowest BCUT2D eigenvalue weighted by molar-refractivity contribution is 0.414. The first-order valence-corrected chi connectivity index (χ1v) is 10.5. The molecule has 1 aliphatic rings. The molecule has 2 aromatic rings. The van der Waals surface area contributed by atoms with Gasteiger partial charge in [0.05, 0.1) is 12.8 Å². The standard InChI is InChI=1S/C24H34N4O.HI/c1-18-9-11-21(12-10-18)19(2)15-26-24(25-3)27-16-20-13-14-28(17-20)22-7-5-6-8-23(22)29-4;/h5-12,19-20H,13-17H2,1-4H3,(H2,25,26,27);1H. The number of ether oxygens (including phenoxy) is 1. The summed E-state index contributed by atoms with van der Waals surface area (Å²) < 4.78 is 5.52. The summed E-state index contributed by atoms with van der Waals surface area (Å²) in [7, 11) is 3.57. The molecule has 164 valence electrons.